The molecule has 3 N–H and O–H groups in total. The predicted molar refractivity (Wildman–Crippen MR) is 91.0 cm³/mol. The molecule has 0 bridgehead atoms. The minimum atomic E-state index is -0.668. The minimum absolute atomic E-state index is 0.250. The molecule has 0 aliphatic carbocycles. The monoisotopic (exact) mass is 308 g/mol. The Morgan fingerprint density at radius 1 is 1.22 bits per heavy atom. The summed E-state index contributed by atoms with van der Waals surface area (Å²) in [5.41, 5.74) is 10.2. The van der Waals surface area contributed by atoms with Crippen molar-refractivity contribution < 1.29 is 9.53 Å². The molecule has 0 saturated heterocycles. The summed E-state index contributed by atoms with van der Waals surface area (Å²) < 4.78 is 5.30. The third-order valence-corrected chi connectivity index (χ3v) is 3.89. The van der Waals surface area contributed by atoms with Crippen LogP contribution in [0.3, 0.4) is 0 Å². The molecule has 23 heavy (non-hydrogen) atoms. The first kappa shape index (κ1) is 15.3. The van der Waals surface area contributed by atoms with Crippen LogP contribution < -0.4 is 5.73 Å². The largest absolute Gasteiger partial charge is 0.460 e. The number of ether oxygens (including phenoxy) is 1. The van der Waals surface area contributed by atoms with Gasteiger partial charge in [-0.1, -0.05) is 42.0 Å². The number of esters is 1. The lowest BCUT2D eigenvalue weighted by Crippen LogP contribution is -2.34. The standard InChI is InChI=1S/C19H20N2O2/c1-13-7-8-18-16(9-13)15(11-21-18)10-17(20)19(22)23-12-14-5-3-2-4-6-14/h2-9,11,17,21H,10,12,20H2,1H3. The number of aryl methyl sites for hydroxylation is 1. The molecule has 0 aliphatic rings. The smallest absolute Gasteiger partial charge is 0.323 e. The number of carbonyl (C=O) groups is 1. The van der Waals surface area contributed by atoms with Crippen molar-refractivity contribution in [1.82, 2.24) is 4.98 Å². The molecule has 4 heteroatoms. The summed E-state index contributed by atoms with van der Waals surface area (Å²) in [4.78, 5) is 15.3. The van der Waals surface area contributed by atoms with Crippen LogP contribution in [0.2, 0.25) is 0 Å². The van der Waals surface area contributed by atoms with Gasteiger partial charge in [0.1, 0.15) is 12.6 Å². The fourth-order valence-electron chi connectivity index (χ4n) is 2.62. The minimum Gasteiger partial charge on any atom is -0.460 e. The van der Waals surface area contributed by atoms with E-state index in [0.29, 0.717) is 6.42 Å². The van der Waals surface area contributed by atoms with Crippen molar-refractivity contribution in [3.63, 3.8) is 0 Å². The topological polar surface area (TPSA) is 68.1 Å². The maximum Gasteiger partial charge on any atom is 0.323 e. The van der Waals surface area contributed by atoms with Crippen LogP contribution in [-0.4, -0.2) is 17.0 Å². The van der Waals surface area contributed by atoms with E-state index in [1.807, 2.05) is 49.5 Å². The molecule has 3 aromatic rings. The van der Waals surface area contributed by atoms with E-state index in [-0.39, 0.29) is 12.6 Å². The normalized spacial score (nSPS) is 12.3. The molecule has 0 aliphatic heterocycles. The average Bonchev–Trinajstić information content (AvgIpc) is 2.95. The molecule has 0 saturated carbocycles. The second-order valence-corrected chi connectivity index (χ2v) is 5.77. The van der Waals surface area contributed by atoms with Crippen molar-refractivity contribution in [3.05, 3.63) is 71.4 Å². The number of benzene rings is 2. The summed E-state index contributed by atoms with van der Waals surface area (Å²) in [6.07, 6.45) is 2.37. The highest BCUT2D eigenvalue weighted by Gasteiger charge is 2.17. The highest BCUT2D eigenvalue weighted by Crippen LogP contribution is 2.21. The summed E-state index contributed by atoms with van der Waals surface area (Å²) in [5.74, 6) is -0.379. The number of hydrogen-bond donors (Lipinski definition) is 2. The van der Waals surface area contributed by atoms with Gasteiger partial charge in [-0.3, -0.25) is 4.79 Å². The van der Waals surface area contributed by atoms with E-state index in [1.165, 1.54) is 5.56 Å². The Balaban J connectivity index is 1.64. The van der Waals surface area contributed by atoms with Crippen molar-refractivity contribution in [1.29, 1.82) is 0 Å². The van der Waals surface area contributed by atoms with Crippen molar-refractivity contribution in [2.45, 2.75) is 26.0 Å². The number of nitrogens with two attached hydrogens (primary N) is 1. The zero-order valence-electron chi connectivity index (χ0n) is 13.1. The lowest BCUT2D eigenvalue weighted by atomic mass is 10.0. The molecule has 118 valence electrons. The summed E-state index contributed by atoms with van der Waals surface area (Å²) in [7, 11) is 0. The van der Waals surface area contributed by atoms with Crippen LogP contribution in [0.4, 0.5) is 0 Å². The maximum atomic E-state index is 12.1. The molecular formula is C19H20N2O2. The lowest BCUT2D eigenvalue weighted by Gasteiger charge is -2.11. The highest BCUT2D eigenvalue weighted by atomic mass is 16.5. The molecule has 1 heterocycles. The van der Waals surface area contributed by atoms with Gasteiger partial charge in [-0.2, -0.15) is 0 Å². The molecule has 0 fully saturated rings. The third kappa shape index (κ3) is 3.60. The van der Waals surface area contributed by atoms with Crippen molar-refractivity contribution >= 4 is 16.9 Å². The van der Waals surface area contributed by atoms with Crippen LogP contribution in [0.5, 0.6) is 0 Å². The maximum absolute atomic E-state index is 12.1. The molecular weight excluding hydrogens is 288 g/mol. The molecule has 1 atom stereocenters. The Hall–Kier alpha value is -2.59. The number of nitrogens with one attached hydrogen (secondary N) is 1. The summed E-state index contributed by atoms with van der Waals surface area (Å²) >= 11 is 0. The number of fused-ring (bicyclic) bond motifs is 1. The Morgan fingerprint density at radius 2 is 2.00 bits per heavy atom. The second-order valence-electron chi connectivity index (χ2n) is 5.77. The summed E-state index contributed by atoms with van der Waals surface area (Å²) in [6, 6.07) is 15.1. The fourth-order valence-corrected chi connectivity index (χ4v) is 2.62. The Bertz CT molecular complexity index is 809. The van der Waals surface area contributed by atoms with Crippen LogP contribution in [-0.2, 0) is 22.6 Å². The van der Waals surface area contributed by atoms with Gasteiger partial charge in [-0.05, 0) is 30.2 Å². The Labute approximate surface area is 135 Å². The van der Waals surface area contributed by atoms with Gasteiger partial charge in [0.05, 0.1) is 0 Å². The number of aromatic amines is 1. The van der Waals surface area contributed by atoms with Crippen LogP contribution in [0.25, 0.3) is 10.9 Å². The lowest BCUT2D eigenvalue weighted by molar-refractivity contribution is -0.146. The average molecular weight is 308 g/mol. The van der Waals surface area contributed by atoms with Crippen molar-refractivity contribution in [2.75, 3.05) is 0 Å². The van der Waals surface area contributed by atoms with Gasteiger partial charge in [0, 0.05) is 23.5 Å². The van der Waals surface area contributed by atoms with Gasteiger partial charge >= 0.3 is 5.97 Å². The Kier molecular flexibility index (Phi) is 4.44. The highest BCUT2D eigenvalue weighted by molar-refractivity contribution is 5.85. The van der Waals surface area contributed by atoms with E-state index < -0.39 is 6.04 Å². The molecule has 3 rings (SSSR count). The quantitative estimate of drug-likeness (QED) is 0.712. The number of hydrogen-bond acceptors (Lipinski definition) is 3. The van der Waals surface area contributed by atoms with Crippen LogP contribution in [0, 0.1) is 6.92 Å². The number of rotatable bonds is 5. The van der Waals surface area contributed by atoms with Gasteiger partial charge in [0.2, 0.25) is 0 Å². The molecule has 1 unspecified atom stereocenters. The molecule has 0 amide bonds. The molecule has 0 spiro atoms. The molecule has 0 radical (unpaired) electrons. The van der Waals surface area contributed by atoms with Crippen molar-refractivity contribution in [3.8, 4) is 0 Å². The Morgan fingerprint density at radius 3 is 2.78 bits per heavy atom. The van der Waals surface area contributed by atoms with Gasteiger partial charge in [-0.15, -0.1) is 0 Å². The molecule has 2 aromatic carbocycles. The van der Waals surface area contributed by atoms with Crippen LogP contribution in [0.15, 0.2) is 54.7 Å². The number of H-pyrrole nitrogens is 1. The number of aromatic nitrogens is 1. The van der Waals surface area contributed by atoms with Gasteiger partial charge in [0.15, 0.2) is 0 Å². The van der Waals surface area contributed by atoms with E-state index in [2.05, 4.69) is 17.1 Å². The molecule has 1 aromatic heterocycles. The predicted octanol–water partition coefficient (Wildman–Crippen LogP) is 3.09. The van der Waals surface area contributed by atoms with Crippen LogP contribution in [0.1, 0.15) is 16.7 Å². The zero-order valence-corrected chi connectivity index (χ0v) is 13.1. The third-order valence-electron chi connectivity index (χ3n) is 3.89. The first-order valence-electron chi connectivity index (χ1n) is 7.66. The van der Waals surface area contributed by atoms with E-state index in [1.54, 1.807) is 0 Å². The van der Waals surface area contributed by atoms with Gasteiger partial charge < -0.3 is 15.5 Å². The first-order chi connectivity index (χ1) is 11.1. The summed E-state index contributed by atoms with van der Waals surface area (Å²) in [6.45, 7) is 2.30. The fraction of sp³-hybridized carbons (Fsp3) is 0.211. The summed E-state index contributed by atoms with van der Waals surface area (Å²) in [5, 5.41) is 1.11. The second kappa shape index (κ2) is 6.67. The number of carbonyl (C=O) groups excluding carboxylic acids is 1. The van der Waals surface area contributed by atoms with Crippen LogP contribution >= 0.6 is 0 Å². The van der Waals surface area contributed by atoms with E-state index in [4.69, 9.17) is 10.5 Å². The van der Waals surface area contributed by atoms with E-state index in [9.17, 15) is 4.79 Å². The van der Waals surface area contributed by atoms with Gasteiger partial charge in [0.25, 0.3) is 0 Å². The SMILES string of the molecule is Cc1ccc2[nH]cc(CC(N)C(=O)OCc3ccccc3)c2c1. The van der Waals surface area contributed by atoms with Gasteiger partial charge in [-0.25, -0.2) is 0 Å². The van der Waals surface area contributed by atoms with Crippen molar-refractivity contribution in [2.24, 2.45) is 5.73 Å². The molecule has 4 nitrogen and oxygen atoms in total. The zero-order chi connectivity index (χ0) is 16.2. The van der Waals surface area contributed by atoms with E-state index >= 15 is 0 Å². The first-order valence-corrected chi connectivity index (χ1v) is 7.66. The van der Waals surface area contributed by atoms with E-state index in [0.717, 1.165) is 22.0 Å².